The van der Waals surface area contributed by atoms with Crippen LogP contribution in [0.5, 0.6) is 0 Å². The number of carbonyl (C=O) groups is 1. The van der Waals surface area contributed by atoms with E-state index in [0.717, 1.165) is 18.7 Å². The van der Waals surface area contributed by atoms with Crippen molar-refractivity contribution in [2.45, 2.75) is 39.5 Å². The molecule has 1 fully saturated rings. The lowest BCUT2D eigenvalue weighted by Crippen LogP contribution is -2.30. The average molecular weight is 236 g/mol. The van der Waals surface area contributed by atoms with Crippen LogP contribution in [-0.2, 0) is 0 Å². The standard InChI is InChI=1S/C12H20N4O/c1-7(2)8(3)6-13-12(17)11-14-10(15-16-11)9-4-5-9/h7-9H,4-6H2,1-3H3,(H,13,17)(H,14,15,16). The second-order valence-corrected chi connectivity index (χ2v) is 5.25. The average Bonchev–Trinajstić information content (AvgIpc) is 3.03. The number of nitrogens with zero attached hydrogens (tertiary/aromatic N) is 2. The second-order valence-electron chi connectivity index (χ2n) is 5.25. The molecule has 2 N–H and O–H groups in total. The zero-order chi connectivity index (χ0) is 12.4. The van der Waals surface area contributed by atoms with Crippen LogP contribution >= 0.6 is 0 Å². The first-order chi connectivity index (χ1) is 8.08. The highest BCUT2D eigenvalue weighted by molar-refractivity contribution is 5.90. The number of carbonyl (C=O) groups excluding carboxylic acids is 1. The van der Waals surface area contributed by atoms with Crippen molar-refractivity contribution in [2.24, 2.45) is 11.8 Å². The lowest BCUT2D eigenvalue weighted by molar-refractivity contribution is 0.0935. The van der Waals surface area contributed by atoms with Gasteiger partial charge in [-0.3, -0.25) is 9.89 Å². The van der Waals surface area contributed by atoms with Gasteiger partial charge in [0, 0.05) is 12.5 Å². The quantitative estimate of drug-likeness (QED) is 0.817. The van der Waals surface area contributed by atoms with Crippen LogP contribution in [0.4, 0.5) is 0 Å². The third-order valence-electron chi connectivity index (χ3n) is 3.39. The molecule has 5 heteroatoms. The normalized spacial score (nSPS) is 17.2. The Hall–Kier alpha value is -1.39. The van der Waals surface area contributed by atoms with Gasteiger partial charge in [0.2, 0.25) is 5.82 Å². The van der Waals surface area contributed by atoms with Gasteiger partial charge in [0.15, 0.2) is 0 Å². The van der Waals surface area contributed by atoms with Crippen molar-refractivity contribution in [2.75, 3.05) is 6.54 Å². The minimum Gasteiger partial charge on any atom is -0.349 e. The van der Waals surface area contributed by atoms with Gasteiger partial charge in [0.05, 0.1) is 0 Å². The highest BCUT2D eigenvalue weighted by Crippen LogP contribution is 2.37. The van der Waals surface area contributed by atoms with Crippen molar-refractivity contribution in [1.82, 2.24) is 20.5 Å². The molecule has 94 valence electrons. The van der Waals surface area contributed by atoms with E-state index in [4.69, 9.17) is 0 Å². The lowest BCUT2D eigenvalue weighted by atomic mass is 9.98. The van der Waals surface area contributed by atoms with Crippen molar-refractivity contribution < 1.29 is 4.79 Å². The van der Waals surface area contributed by atoms with E-state index in [0.29, 0.717) is 24.3 Å². The molecule has 1 atom stereocenters. The molecule has 0 saturated heterocycles. The Kier molecular flexibility index (Phi) is 3.45. The van der Waals surface area contributed by atoms with E-state index in [1.807, 2.05) is 0 Å². The van der Waals surface area contributed by atoms with Gasteiger partial charge >= 0.3 is 0 Å². The van der Waals surface area contributed by atoms with Crippen LogP contribution in [0.3, 0.4) is 0 Å². The summed E-state index contributed by atoms with van der Waals surface area (Å²) in [6.07, 6.45) is 2.31. The number of rotatable bonds is 5. The molecular formula is C12H20N4O. The molecule has 0 aromatic carbocycles. The van der Waals surface area contributed by atoms with E-state index >= 15 is 0 Å². The van der Waals surface area contributed by atoms with Gasteiger partial charge in [0.1, 0.15) is 5.82 Å². The molecule has 1 saturated carbocycles. The molecule has 1 amide bonds. The molecule has 0 radical (unpaired) electrons. The van der Waals surface area contributed by atoms with E-state index in [2.05, 4.69) is 41.3 Å². The fourth-order valence-electron chi connectivity index (χ4n) is 1.48. The van der Waals surface area contributed by atoms with Gasteiger partial charge in [0.25, 0.3) is 5.91 Å². The Morgan fingerprint density at radius 2 is 2.18 bits per heavy atom. The van der Waals surface area contributed by atoms with Crippen molar-refractivity contribution in [3.63, 3.8) is 0 Å². The molecule has 1 aliphatic carbocycles. The summed E-state index contributed by atoms with van der Waals surface area (Å²) in [5.74, 6) is 2.46. The highest BCUT2D eigenvalue weighted by Gasteiger charge is 2.28. The fraction of sp³-hybridized carbons (Fsp3) is 0.750. The topological polar surface area (TPSA) is 70.7 Å². The highest BCUT2D eigenvalue weighted by atomic mass is 16.2. The van der Waals surface area contributed by atoms with E-state index in [-0.39, 0.29) is 11.7 Å². The minimum absolute atomic E-state index is 0.180. The van der Waals surface area contributed by atoms with Crippen LogP contribution in [0, 0.1) is 11.8 Å². The van der Waals surface area contributed by atoms with Gasteiger partial charge < -0.3 is 5.32 Å². The molecule has 5 nitrogen and oxygen atoms in total. The molecule has 0 bridgehead atoms. The Morgan fingerprint density at radius 3 is 2.76 bits per heavy atom. The zero-order valence-corrected chi connectivity index (χ0v) is 10.7. The maximum Gasteiger partial charge on any atom is 0.290 e. The first kappa shape index (κ1) is 12.1. The summed E-state index contributed by atoms with van der Waals surface area (Å²) in [4.78, 5) is 16.0. The summed E-state index contributed by atoms with van der Waals surface area (Å²) in [5, 5.41) is 9.66. The van der Waals surface area contributed by atoms with Crippen LogP contribution in [0.15, 0.2) is 0 Å². The summed E-state index contributed by atoms with van der Waals surface area (Å²) in [5.41, 5.74) is 0. The molecule has 17 heavy (non-hydrogen) atoms. The van der Waals surface area contributed by atoms with Crippen molar-refractivity contribution in [3.05, 3.63) is 11.6 Å². The third-order valence-corrected chi connectivity index (χ3v) is 3.39. The van der Waals surface area contributed by atoms with Gasteiger partial charge in [-0.05, 0) is 24.7 Å². The Labute approximate surface area is 101 Å². The molecule has 1 aromatic rings. The van der Waals surface area contributed by atoms with Gasteiger partial charge in [-0.2, -0.15) is 0 Å². The van der Waals surface area contributed by atoms with E-state index in [9.17, 15) is 4.79 Å². The van der Waals surface area contributed by atoms with Gasteiger partial charge in [-0.15, -0.1) is 5.10 Å². The molecule has 1 aromatic heterocycles. The smallest absolute Gasteiger partial charge is 0.290 e. The van der Waals surface area contributed by atoms with E-state index in [1.165, 1.54) is 0 Å². The van der Waals surface area contributed by atoms with Crippen LogP contribution < -0.4 is 5.32 Å². The SMILES string of the molecule is CC(C)C(C)CNC(=O)c1n[nH]c(C2CC2)n1. The summed E-state index contributed by atoms with van der Waals surface area (Å²) in [7, 11) is 0. The summed E-state index contributed by atoms with van der Waals surface area (Å²) >= 11 is 0. The van der Waals surface area contributed by atoms with Crippen LogP contribution in [-0.4, -0.2) is 27.6 Å². The fourth-order valence-corrected chi connectivity index (χ4v) is 1.48. The van der Waals surface area contributed by atoms with Crippen molar-refractivity contribution in [3.8, 4) is 0 Å². The van der Waals surface area contributed by atoms with Crippen LogP contribution in [0.25, 0.3) is 0 Å². The maximum absolute atomic E-state index is 11.8. The largest absolute Gasteiger partial charge is 0.349 e. The molecule has 1 aliphatic rings. The van der Waals surface area contributed by atoms with E-state index < -0.39 is 0 Å². The Bertz CT molecular complexity index is 395. The van der Waals surface area contributed by atoms with Gasteiger partial charge in [-0.25, -0.2) is 4.98 Å². The van der Waals surface area contributed by atoms with Crippen LogP contribution in [0.1, 0.15) is 56.0 Å². The Balaban J connectivity index is 1.86. The number of hydrogen-bond donors (Lipinski definition) is 2. The first-order valence-electron chi connectivity index (χ1n) is 6.28. The van der Waals surface area contributed by atoms with Gasteiger partial charge in [-0.1, -0.05) is 20.8 Å². The molecule has 1 unspecified atom stereocenters. The molecule has 2 rings (SSSR count). The zero-order valence-electron chi connectivity index (χ0n) is 10.7. The summed E-state index contributed by atoms with van der Waals surface area (Å²) in [6, 6.07) is 0. The predicted molar refractivity (Wildman–Crippen MR) is 64.7 cm³/mol. The number of aromatic nitrogens is 3. The summed E-state index contributed by atoms with van der Waals surface area (Å²) in [6.45, 7) is 7.09. The molecule has 0 aliphatic heterocycles. The monoisotopic (exact) mass is 236 g/mol. The second kappa shape index (κ2) is 4.85. The molecular weight excluding hydrogens is 216 g/mol. The predicted octanol–water partition coefficient (Wildman–Crippen LogP) is 1.70. The minimum atomic E-state index is -0.180. The molecule has 0 spiro atoms. The van der Waals surface area contributed by atoms with Crippen LogP contribution in [0.2, 0.25) is 0 Å². The number of amides is 1. The number of H-pyrrole nitrogens is 1. The third kappa shape index (κ3) is 3.05. The summed E-state index contributed by atoms with van der Waals surface area (Å²) < 4.78 is 0. The number of aromatic amines is 1. The maximum atomic E-state index is 11.8. The Morgan fingerprint density at radius 1 is 1.47 bits per heavy atom. The number of nitrogens with one attached hydrogen (secondary N) is 2. The van der Waals surface area contributed by atoms with E-state index in [1.54, 1.807) is 0 Å². The number of hydrogen-bond acceptors (Lipinski definition) is 3. The van der Waals surface area contributed by atoms with Crippen molar-refractivity contribution >= 4 is 5.91 Å². The lowest BCUT2D eigenvalue weighted by Gasteiger charge is -2.15. The first-order valence-corrected chi connectivity index (χ1v) is 6.28. The van der Waals surface area contributed by atoms with Crippen molar-refractivity contribution in [1.29, 1.82) is 0 Å². The molecule has 1 heterocycles.